The second-order valence-electron chi connectivity index (χ2n) is 3.00. The van der Waals surface area contributed by atoms with Crippen LogP contribution in [0.2, 0.25) is 0 Å². The van der Waals surface area contributed by atoms with Gasteiger partial charge in [0.2, 0.25) is 0 Å². The second-order valence-corrected chi connectivity index (χ2v) is 3.79. The van der Waals surface area contributed by atoms with E-state index in [0.717, 1.165) is 5.76 Å². The molecule has 0 bridgehead atoms. The van der Waals surface area contributed by atoms with Crippen LogP contribution in [-0.2, 0) is 11.2 Å². The number of ketones is 1. The Morgan fingerprint density at radius 3 is 2.67 bits per heavy atom. The third kappa shape index (κ3) is 2.48. The van der Waals surface area contributed by atoms with Crippen molar-refractivity contribution < 1.29 is 9.21 Å². The van der Waals surface area contributed by atoms with Crippen LogP contribution < -0.4 is 0 Å². The van der Waals surface area contributed by atoms with Gasteiger partial charge in [0.05, 0.1) is 6.42 Å². The molecule has 0 aliphatic carbocycles. The van der Waals surface area contributed by atoms with E-state index in [4.69, 9.17) is 4.42 Å². The van der Waals surface area contributed by atoms with E-state index in [9.17, 15) is 4.79 Å². The van der Waals surface area contributed by atoms with E-state index in [0.29, 0.717) is 11.1 Å². The highest BCUT2D eigenvalue weighted by atomic mass is 79.9. The zero-order valence-electron chi connectivity index (χ0n) is 7.13. The average molecular weight is 231 g/mol. The normalized spacial score (nSPS) is 10.7. The molecule has 12 heavy (non-hydrogen) atoms. The van der Waals surface area contributed by atoms with Gasteiger partial charge in [0.25, 0.3) is 0 Å². The van der Waals surface area contributed by atoms with Gasteiger partial charge in [-0.3, -0.25) is 4.79 Å². The minimum atomic E-state index is 0.0777. The van der Waals surface area contributed by atoms with Crippen molar-refractivity contribution in [2.75, 3.05) is 0 Å². The molecule has 0 saturated heterocycles. The Morgan fingerprint density at radius 2 is 2.25 bits per heavy atom. The summed E-state index contributed by atoms with van der Waals surface area (Å²) in [6.45, 7) is 3.78. The van der Waals surface area contributed by atoms with Gasteiger partial charge in [-0.1, -0.05) is 13.8 Å². The van der Waals surface area contributed by atoms with Gasteiger partial charge in [-0.2, -0.15) is 0 Å². The highest BCUT2D eigenvalue weighted by molar-refractivity contribution is 9.10. The molecule has 2 nitrogen and oxygen atoms in total. The first-order valence-corrected chi connectivity index (χ1v) is 4.66. The van der Waals surface area contributed by atoms with Crippen LogP contribution in [0.4, 0.5) is 0 Å². The average Bonchev–Trinajstić information content (AvgIpc) is 2.35. The molecular formula is C9H11BrO2. The Labute approximate surface area is 80.1 Å². The number of hydrogen-bond acceptors (Lipinski definition) is 2. The molecule has 0 amide bonds. The third-order valence-electron chi connectivity index (χ3n) is 1.62. The Morgan fingerprint density at radius 1 is 1.58 bits per heavy atom. The monoisotopic (exact) mass is 230 g/mol. The highest BCUT2D eigenvalue weighted by Gasteiger charge is 2.10. The van der Waals surface area contributed by atoms with E-state index in [2.05, 4.69) is 15.9 Å². The van der Waals surface area contributed by atoms with Crippen molar-refractivity contribution in [3.05, 3.63) is 22.6 Å². The summed E-state index contributed by atoms with van der Waals surface area (Å²) < 4.78 is 5.88. The SMILES string of the molecule is CC(C)C(=O)Cc1ccc(Br)o1. The van der Waals surface area contributed by atoms with Gasteiger partial charge >= 0.3 is 0 Å². The molecule has 0 unspecified atom stereocenters. The summed E-state index contributed by atoms with van der Waals surface area (Å²) in [7, 11) is 0. The Hall–Kier alpha value is -0.570. The van der Waals surface area contributed by atoms with E-state index >= 15 is 0 Å². The minimum absolute atomic E-state index is 0.0777. The minimum Gasteiger partial charge on any atom is -0.454 e. The molecule has 0 aromatic carbocycles. The molecule has 0 spiro atoms. The Bertz CT molecular complexity index is 276. The molecule has 1 aromatic heterocycles. The lowest BCUT2D eigenvalue weighted by Gasteiger charge is -2.00. The maximum atomic E-state index is 11.2. The van der Waals surface area contributed by atoms with Crippen LogP contribution in [0.15, 0.2) is 21.2 Å². The Balaban J connectivity index is 2.58. The first-order valence-electron chi connectivity index (χ1n) is 3.86. The summed E-state index contributed by atoms with van der Waals surface area (Å²) in [5.41, 5.74) is 0. The molecule has 1 aromatic rings. The largest absolute Gasteiger partial charge is 0.454 e. The zero-order valence-corrected chi connectivity index (χ0v) is 8.72. The van der Waals surface area contributed by atoms with Crippen molar-refractivity contribution in [2.45, 2.75) is 20.3 Å². The summed E-state index contributed by atoms with van der Waals surface area (Å²) in [6, 6.07) is 3.60. The van der Waals surface area contributed by atoms with Crippen molar-refractivity contribution in [3.8, 4) is 0 Å². The van der Waals surface area contributed by atoms with E-state index in [-0.39, 0.29) is 11.7 Å². The summed E-state index contributed by atoms with van der Waals surface area (Å²) in [6.07, 6.45) is 0.392. The van der Waals surface area contributed by atoms with Crippen LogP contribution in [-0.4, -0.2) is 5.78 Å². The molecule has 1 heterocycles. The summed E-state index contributed by atoms with van der Waals surface area (Å²) in [4.78, 5) is 11.2. The zero-order chi connectivity index (χ0) is 9.14. The van der Waals surface area contributed by atoms with Gasteiger partial charge < -0.3 is 4.42 Å². The standard InChI is InChI=1S/C9H11BrO2/c1-6(2)8(11)5-7-3-4-9(10)12-7/h3-4,6H,5H2,1-2H3. The number of hydrogen-bond donors (Lipinski definition) is 0. The van der Waals surface area contributed by atoms with Crippen molar-refractivity contribution in [1.29, 1.82) is 0 Å². The molecule has 0 aliphatic heterocycles. The molecule has 0 radical (unpaired) electrons. The number of carbonyl (C=O) groups is 1. The van der Waals surface area contributed by atoms with E-state index < -0.39 is 0 Å². The van der Waals surface area contributed by atoms with Crippen LogP contribution in [0.1, 0.15) is 19.6 Å². The fourth-order valence-corrected chi connectivity index (χ4v) is 1.16. The number of carbonyl (C=O) groups excluding carboxylic acids is 1. The van der Waals surface area contributed by atoms with Crippen LogP contribution in [0.25, 0.3) is 0 Å². The Kier molecular flexibility index (Phi) is 3.09. The van der Waals surface area contributed by atoms with Crippen LogP contribution in [0.5, 0.6) is 0 Å². The molecule has 0 saturated carbocycles. The predicted octanol–water partition coefficient (Wildman–Crippen LogP) is 2.81. The lowest BCUT2D eigenvalue weighted by atomic mass is 10.1. The lowest BCUT2D eigenvalue weighted by Crippen LogP contribution is -2.09. The van der Waals surface area contributed by atoms with Crippen molar-refractivity contribution >= 4 is 21.7 Å². The van der Waals surface area contributed by atoms with E-state index in [1.165, 1.54) is 0 Å². The topological polar surface area (TPSA) is 30.2 Å². The predicted molar refractivity (Wildman–Crippen MR) is 50.0 cm³/mol. The second kappa shape index (κ2) is 3.90. The third-order valence-corrected chi connectivity index (χ3v) is 2.05. The molecule has 0 fully saturated rings. The first-order chi connectivity index (χ1) is 5.59. The van der Waals surface area contributed by atoms with Crippen LogP contribution in [0, 0.1) is 5.92 Å². The van der Waals surface area contributed by atoms with Crippen molar-refractivity contribution in [3.63, 3.8) is 0 Å². The van der Waals surface area contributed by atoms with Crippen LogP contribution in [0.3, 0.4) is 0 Å². The summed E-state index contributed by atoms with van der Waals surface area (Å²) >= 11 is 3.18. The maximum absolute atomic E-state index is 11.2. The van der Waals surface area contributed by atoms with Gasteiger partial charge in [-0.05, 0) is 28.1 Å². The quantitative estimate of drug-likeness (QED) is 0.800. The summed E-state index contributed by atoms with van der Waals surface area (Å²) in [5, 5.41) is 0. The summed E-state index contributed by atoms with van der Waals surface area (Å²) in [5.74, 6) is 1.01. The number of Topliss-reactive ketones (excluding diaryl/α,β-unsaturated/α-hetero) is 1. The fourth-order valence-electron chi connectivity index (χ4n) is 0.823. The van der Waals surface area contributed by atoms with Crippen LogP contribution >= 0.6 is 15.9 Å². The number of rotatable bonds is 3. The molecule has 0 N–H and O–H groups in total. The van der Waals surface area contributed by atoms with Gasteiger partial charge in [-0.25, -0.2) is 0 Å². The van der Waals surface area contributed by atoms with E-state index in [1.54, 1.807) is 6.07 Å². The van der Waals surface area contributed by atoms with Crippen molar-refractivity contribution in [1.82, 2.24) is 0 Å². The van der Waals surface area contributed by atoms with Gasteiger partial charge in [0.15, 0.2) is 4.67 Å². The smallest absolute Gasteiger partial charge is 0.169 e. The molecular weight excluding hydrogens is 220 g/mol. The van der Waals surface area contributed by atoms with Gasteiger partial charge in [0, 0.05) is 5.92 Å². The lowest BCUT2D eigenvalue weighted by molar-refractivity contribution is -0.121. The molecule has 1 rings (SSSR count). The van der Waals surface area contributed by atoms with Gasteiger partial charge in [-0.15, -0.1) is 0 Å². The number of halogens is 1. The van der Waals surface area contributed by atoms with Gasteiger partial charge in [0.1, 0.15) is 11.5 Å². The molecule has 0 atom stereocenters. The maximum Gasteiger partial charge on any atom is 0.169 e. The van der Waals surface area contributed by atoms with Crippen molar-refractivity contribution in [2.24, 2.45) is 5.92 Å². The molecule has 3 heteroatoms. The molecule has 66 valence electrons. The first kappa shape index (κ1) is 9.52. The van der Waals surface area contributed by atoms with E-state index in [1.807, 2.05) is 19.9 Å². The number of furan rings is 1. The highest BCUT2D eigenvalue weighted by Crippen LogP contribution is 2.15. The molecule has 0 aliphatic rings. The fraction of sp³-hybridized carbons (Fsp3) is 0.444.